The Hall–Kier alpha value is -1.79. The van der Waals surface area contributed by atoms with Gasteiger partial charge < -0.3 is 4.74 Å². The van der Waals surface area contributed by atoms with Crippen molar-refractivity contribution in [2.75, 3.05) is 14.1 Å². The Morgan fingerprint density at radius 2 is 1.95 bits per heavy atom. The highest BCUT2D eigenvalue weighted by molar-refractivity contribution is 5.76. The molecule has 0 bridgehead atoms. The van der Waals surface area contributed by atoms with Crippen molar-refractivity contribution < 1.29 is 9.53 Å². The molecule has 0 amide bonds. The predicted molar refractivity (Wildman–Crippen MR) is 74.5 cm³/mol. The van der Waals surface area contributed by atoms with Gasteiger partial charge in [-0.15, -0.1) is 6.42 Å². The first-order valence-corrected chi connectivity index (χ1v) is 6.45. The topological polar surface area (TPSA) is 29.5 Å². The number of rotatable bonds is 4. The first kappa shape index (κ1) is 13.6. The van der Waals surface area contributed by atoms with Crippen LogP contribution < -0.4 is 0 Å². The number of hydrogen-bond donors (Lipinski definition) is 0. The minimum atomic E-state index is -0.422. The molecule has 0 heterocycles. The molecule has 1 atom stereocenters. The van der Waals surface area contributed by atoms with E-state index >= 15 is 0 Å². The molecule has 0 radical (unpaired) electrons. The van der Waals surface area contributed by atoms with E-state index in [-0.39, 0.29) is 12.0 Å². The largest absolute Gasteiger partial charge is 0.453 e. The standard InChI is InChI=1S/C16H19NO2/c1-5-13-6-8-14(9-7-13)16(10-11-16)19-15(18)12(2)17(3)4/h1,6-9,12H,10-11H2,2-4H3. The summed E-state index contributed by atoms with van der Waals surface area (Å²) in [5.74, 6) is 2.41. The number of hydrogen-bond acceptors (Lipinski definition) is 3. The van der Waals surface area contributed by atoms with Crippen LogP contribution in [0, 0.1) is 12.3 Å². The molecule has 2 rings (SSSR count). The van der Waals surface area contributed by atoms with Crippen LogP contribution in [0.1, 0.15) is 30.9 Å². The Bertz CT molecular complexity index is 507. The number of ether oxygens (including phenoxy) is 1. The molecule has 1 aliphatic carbocycles. The van der Waals surface area contributed by atoms with Gasteiger partial charge in [-0.2, -0.15) is 0 Å². The molecule has 1 saturated carbocycles. The van der Waals surface area contributed by atoms with Gasteiger partial charge >= 0.3 is 5.97 Å². The third-order valence-corrected chi connectivity index (χ3v) is 3.69. The quantitative estimate of drug-likeness (QED) is 0.611. The molecule has 1 aromatic carbocycles. The van der Waals surface area contributed by atoms with Crippen molar-refractivity contribution in [1.29, 1.82) is 0 Å². The summed E-state index contributed by atoms with van der Waals surface area (Å²) in [6, 6.07) is 7.45. The van der Waals surface area contributed by atoms with Gasteiger partial charge in [-0.3, -0.25) is 9.69 Å². The summed E-state index contributed by atoms with van der Waals surface area (Å²) in [7, 11) is 3.74. The number of carbonyl (C=O) groups excluding carboxylic acids is 1. The number of nitrogens with zero attached hydrogens (tertiary/aromatic N) is 1. The fourth-order valence-corrected chi connectivity index (χ4v) is 1.92. The van der Waals surface area contributed by atoms with Crippen LogP contribution in [0.25, 0.3) is 0 Å². The third-order valence-electron chi connectivity index (χ3n) is 3.69. The summed E-state index contributed by atoms with van der Waals surface area (Å²) >= 11 is 0. The second-order valence-electron chi connectivity index (χ2n) is 5.28. The fourth-order valence-electron chi connectivity index (χ4n) is 1.92. The van der Waals surface area contributed by atoms with E-state index in [4.69, 9.17) is 11.2 Å². The third kappa shape index (κ3) is 2.80. The van der Waals surface area contributed by atoms with Crippen molar-refractivity contribution in [1.82, 2.24) is 4.90 Å². The molecule has 0 N–H and O–H groups in total. The molecule has 0 aliphatic heterocycles. The number of esters is 1. The van der Waals surface area contributed by atoms with Gasteiger partial charge in [0.25, 0.3) is 0 Å². The van der Waals surface area contributed by atoms with Crippen molar-refractivity contribution in [3.8, 4) is 12.3 Å². The normalized spacial score (nSPS) is 17.6. The highest BCUT2D eigenvalue weighted by Crippen LogP contribution is 2.49. The summed E-state index contributed by atoms with van der Waals surface area (Å²) in [5, 5.41) is 0. The van der Waals surface area contributed by atoms with Crippen molar-refractivity contribution >= 4 is 5.97 Å². The Labute approximate surface area is 114 Å². The lowest BCUT2D eigenvalue weighted by Gasteiger charge is -2.23. The van der Waals surface area contributed by atoms with Gasteiger partial charge in [0.15, 0.2) is 0 Å². The van der Waals surface area contributed by atoms with Crippen LogP contribution in [0.2, 0.25) is 0 Å². The van der Waals surface area contributed by atoms with E-state index in [0.29, 0.717) is 0 Å². The molecule has 1 fully saturated rings. The maximum atomic E-state index is 12.0. The molecular formula is C16H19NO2. The first-order valence-electron chi connectivity index (χ1n) is 6.45. The maximum Gasteiger partial charge on any atom is 0.323 e. The summed E-state index contributed by atoms with van der Waals surface area (Å²) in [5.41, 5.74) is 1.45. The zero-order chi connectivity index (χ0) is 14.0. The average molecular weight is 257 g/mol. The van der Waals surface area contributed by atoms with Crippen LogP contribution in [0.3, 0.4) is 0 Å². The van der Waals surface area contributed by atoms with E-state index in [1.807, 2.05) is 50.2 Å². The highest BCUT2D eigenvalue weighted by Gasteiger charge is 2.49. The first-order chi connectivity index (χ1) is 8.98. The highest BCUT2D eigenvalue weighted by atomic mass is 16.6. The average Bonchev–Trinajstić information content (AvgIpc) is 3.18. The fraction of sp³-hybridized carbons (Fsp3) is 0.438. The number of carbonyl (C=O) groups is 1. The lowest BCUT2D eigenvalue weighted by atomic mass is 10.1. The van der Waals surface area contributed by atoms with Crippen molar-refractivity contribution in [3.63, 3.8) is 0 Å². The summed E-state index contributed by atoms with van der Waals surface area (Å²) in [6.45, 7) is 1.85. The Morgan fingerprint density at radius 3 is 2.37 bits per heavy atom. The molecule has 0 saturated heterocycles. The van der Waals surface area contributed by atoms with Gasteiger partial charge in [-0.1, -0.05) is 18.1 Å². The van der Waals surface area contributed by atoms with Crippen molar-refractivity contribution in [2.24, 2.45) is 0 Å². The molecule has 0 spiro atoms. The van der Waals surface area contributed by atoms with E-state index in [2.05, 4.69) is 5.92 Å². The SMILES string of the molecule is C#Cc1ccc(C2(OC(=O)C(C)N(C)C)CC2)cc1. The van der Waals surface area contributed by atoms with E-state index in [9.17, 15) is 4.79 Å². The Kier molecular flexibility index (Phi) is 3.64. The summed E-state index contributed by atoms with van der Waals surface area (Å²) in [6.07, 6.45) is 7.10. The van der Waals surface area contributed by atoms with Gasteiger partial charge in [0, 0.05) is 5.56 Å². The minimum absolute atomic E-state index is 0.177. The smallest absolute Gasteiger partial charge is 0.323 e. The molecule has 100 valence electrons. The summed E-state index contributed by atoms with van der Waals surface area (Å²) in [4.78, 5) is 13.9. The van der Waals surface area contributed by atoms with Gasteiger partial charge in [0.2, 0.25) is 0 Å². The van der Waals surface area contributed by atoms with Crippen molar-refractivity contribution in [2.45, 2.75) is 31.4 Å². The monoisotopic (exact) mass is 257 g/mol. The van der Waals surface area contributed by atoms with Gasteiger partial charge in [0.05, 0.1) is 0 Å². The minimum Gasteiger partial charge on any atom is -0.453 e. The molecule has 19 heavy (non-hydrogen) atoms. The number of terminal acetylenes is 1. The molecule has 3 heteroatoms. The zero-order valence-corrected chi connectivity index (χ0v) is 11.6. The van der Waals surface area contributed by atoms with Crippen LogP contribution in [-0.2, 0) is 15.1 Å². The number of likely N-dealkylation sites (N-methyl/N-ethyl adjacent to an activating group) is 1. The zero-order valence-electron chi connectivity index (χ0n) is 11.6. The maximum absolute atomic E-state index is 12.0. The van der Waals surface area contributed by atoms with Crippen LogP contribution in [0.15, 0.2) is 24.3 Å². The van der Waals surface area contributed by atoms with Gasteiger partial charge in [0.1, 0.15) is 11.6 Å². The summed E-state index contributed by atoms with van der Waals surface area (Å²) < 4.78 is 5.70. The van der Waals surface area contributed by atoms with Gasteiger partial charge in [-0.25, -0.2) is 0 Å². The Morgan fingerprint density at radius 1 is 1.37 bits per heavy atom. The van der Waals surface area contributed by atoms with E-state index < -0.39 is 5.60 Å². The van der Waals surface area contributed by atoms with Crippen LogP contribution in [0.4, 0.5) is 0 Å². The molecule has 1 aliphatic rings. The molecule has 3 nitrogen and oxygen atoms in total. The lowest BCUT2D eigenvalue weighted by Crippen LogP contribution is -2.36. The second-order valence-corrected chi connectivity index (χ2v) is 5.28. The van der Waals surface area contributed by atoms with Gasteiger partial charge in [-0.05, 0) is 51.6 Å². The van der Waals surface area contributed by atoms with Crippen LogP contribution in [-0.4, -0.2) is 31.0 Å². The second kappa shape index (κ2) is 5.07. The van der Waals surface area contributed by atoms with E-state index in [0.717, 1.165) is 24.0 Å². The lowest BCUT2D eigenvalue weighted by molar-refractivity contribution is -0.156. The van der Waals surface area contributed by atoms with Crippen LogP contribution >= 0.6 is 0 Å². The molecular weight excluding hydrogens is 238 g/mol. The van der Waals surface area contributed by atoms with Crippen molar-refractivity contribution in [3.05, 3.63) is 35.4 Å². The molecule has 0 aromatic heterocycles. The predicted octanol–water partition coefficient (Wildman–Crippen LogP) is 2.15. The van der Waals surface area contributed by atoms with E-state index in [1.54, 1.807) is 0 Å². The molecule has 1 aromatic rings. The Balaban J connectivity index is 2.11. The van der Waals surface area contributed by atoms with E-state index in [1.165, 1.54) is 0 Å². The van der Waals surface area contributed by atoms with Crippen LogP contribution in [0.5, 0.6) is 0 Å². The number of benzene rings is 1. The molecule has 1 unspecified atom stereocenters.